The van der Waals surface area contributed by atoms with Gasteiger partial charge in [-0.25, -0.2) is 4.98 Å². The first kappa shape index (κ1) is 7.21. The van der Waals surface area contributed by atoms with E-state index in [4.69, 9.17) is 15.2 Å². The highest BCUT2D eigenvalue weighted by Crippen LogP contribution is 2.34. The van der Waals surface area contributed by atoms with Gasteiger partial charge in [0.05, 0.1) is 5.69 Å². The van der Waals surface area contributed by atoms with Crippen LogP contribution >= 0.6 is 0 Å². The molecule has 1 aliphatic heterocycles. The number of rotatable bonds is 0. The van der Waals surface area contributed by atoms with Crippen LogP contribution in [-0.4, -0.2) is 17.7 Å². The fraction of sp³-hybridized carbons (Fsp3) is 0.375. The molecule has 1 aromatic rings. The molecule has 0 amide bonds. The van der Waals surface area contributed by atoms with Crippen LogP contribution in [0.15, 0.2) is 12.3 Å². The van der Waals surface area contributed by atoms with Gasteiger partial charge in [-0.05, 0) is 13.0 Å². The van der Waals surface area contributed by atoms with Crippen molar-refractivity contribution in [3.63, 3.8) is 0 Å². The average Bonchev–Trinajstić information content (AvgIpc) is 2.07. The summed E-state index contributed by atoms with van der Waals surface area (Å²) in [6, 6.07) is 1.69. The molecular formula is C8H10N2O2. The predicted molar refractivity (Wildman–Crippen MR) is 44.2 cm³/mol. The Morgan fingerprint density at radius 3 is 3.33 bits per heavy atom. The normalized spacial score (nSPS) is 20.6. The number of nitrogens with zero attached hydrogens (tertiary/aromatic N) is 1. The lowest BCUT2D eigenvalue weighted by molar-refractivity contribution is 0.0999. The molecule has 2 rings (SSSR count). The summed E-state index contributed by atoms with van der Waals surface area (Å²) in [5, 5.41) is 0. The van der Waals surface area contributed by atoms with Crippen molar-refractivity contribution in [3.05, 3.63) is 12.3 Å². The smallest absolute Gasteiger partial charge is 0.259 e. The molecule has 2 N–H and O–H groups in total. The molecule has 2 heterocycles. The van der Waals surface area contributed by atoms with E-state index in [1.807, 2.05) is 6.92 Å². The molecule has 0 bridgehead atoms. The van der Waals surface area contributed by atoms with Crippen LogP contribution in [0.4, 0.5) is 5.69 Å². The Bertz CT molecular complexity index is 301. The molecule has 0 fully saturated rings. The van der Waals surface area contributed by atoms with Gasteiger partial charge in [0, 0.05) is 6.20 Å². The van der Waals surface area contributed by atoms with Gasteiger partial charge < -0.3 is 15.2 Å². The molecule has 0 saturated carbocycles. The van der Waals surface area contributed by atoms with Gasteiger partial charge in [0.15, 0.2) is 0 Å². The second-order valence-electron chi connectivity index (χ2n) is 2.77. The molecule has 1 unspecified atom stereocenters. The number of hydrogen-bond acceptors (Lipinski definition) is 4. The maximum atomic E-state index is 5.66. The number of pyridine rings is 1. The Balaban J connectivity index is 2.43. The second-order valence-corrected chi connectivity index (χ2v) is 2.77. The molecule has 0 aliphatic carbocycles. The molecule has 0 aromatic carbocycles. The number of nitrogens with two attached hydrogens (primary N) is 1. The SMILES string of the molecule is CC1COc2nccc(N)c2O1. The minimum Gasteiger partial charge on any atom is -0.480 e. The Morgan fingerprint density at radius 2 is 2.50 bits per heavy atom. The molecule has 1 atom stereocenters. The molecule has 0 saturated heterocycles. The third-order valence-electron chi connectivity index (χ3n) is 1.68. The summed E-state index contributed by atoms with van der Waals surface area (Å²) in [4.78, 5) is 3.99. The van der Waals surface area contributed by atoms with Crippen molar-refractivity contribution in [1.82, 2.24) is 4.98 Å². The number of anilines is 1. The highest BCUT2D eigenvalue weighted by atomic mass is 16.6. The largest absolute Gasteiger partial charge is 0.480 e. The maximum absolute atomic E-state index is 5.66. The van der Waals surface area contributed by atoms with Gasteiger partial charge in [0.2, 0.25) is 5.75 Å². The van der Waals surface area contributed by atoms with Crippen LogP contribution in [0.5, 0.6) is 11.6 Å². The van der Waals surface area contributed by atoms with E-state index in [-0.39, 0.29) is 6.10 Å². The van der Waals surface area contributed by atoms with Crippen molar-refractivity contribution < 1.29 is 9.47 Å². The van der Waals surface area contributed by atoms with Crippen LogP contribution < -0.4 is 15.2 Å². The summed E-state index contributed by atoms with van der Waals surface area (Å²) in [5.41, 5.74) is 6.23. The van der Waals surface area contributed by atoms with Gasteiger partial charge in [-0.1, -0.05) is 0 Å². The summed E-state index contributed by atoms with van der Waals surface area (Å²) < 4.78 is 10.8. The predicted octanol–water partition coefficient (Wildman–Crippen LogP) is 0.823. The number of aromatic nitrogens is 1. The molecule has 12 heavy (non-hydrogen) atoms. The lowest BCUT2D eigenvalue weighted by Crippen LogP contribution is -2.26. The third-order valence-corrected chi connectivity index (χ3v) is 1.68. The van der Waals surface area contributed by atoms with Gasteiger partial charge in [-0.3, -0.25) is 0 Å². The second kappa shape index (κ2) is 2.55. The molecule has 1 aliphatic rings. The molecule has 4 nitrogen and oxygen atoms in total. The van der Waals surface area contributed by atoms with Gasteiger partial charge in [0.25, 0.3) is 5.88 Å². The van der Waals surface area contributed by atoms with Crippen LogP contribution in [-0.2, 0) is 0 Å². The Kier molecular flexibility index (Phi) is 1.53. The zero-order chi connectivity index (χ0) is 8.55. The van der Waals surface area contributed by atoms with Crippen molar-refractivity contribution >= 4 is 5.69 Å². The fourth-order valence-corrected chi connectivity index (χ4v) is 1.10. The Labute approximate surface area is 70.3 Å². The van der Waals surface area contributed by atoms with E-state index in [2.05, 4.69) is 4.98 Å². The Hall–Kier alpha value is -1.45. The van der Waals surface area contributed by atoms with Crippen LogP contribution in [0.3, 0.4) is 0 Å². The van der Waals surface area contributed by atoms with E-state index in [1.54, 1.807) is 12.3 Å². The number of fused-ring (bicyclic) bond motifs is 1. The molecular weight excluding hydrogens is 156 g/mol. The third kappa shape index (κ3) is 1.05. The number of ether oxygens (including phenoxy) is 2. The Morgan fingerprint density at radius 1 is 1.67 bits per heavy atom. The highest BCUT2D eigenvalue weighted by Gasteiger charge is 2.20. The van der Waals surface area contributed by atoms with E-state index in [0.717, 1.165) is 0 Å². The first-order valence-electron chi connectivity index (χ1n) is 3.81. The van der Waals surface area contributed by atoms with Crippen LogP contribution in [0, 0.1) is 0 Å². The van der Waals surface area contributed by atoms with E-state index in [1.165, 1.54) is 0 Å². The van der Waals surface area contributed by atoms with E-state index >= 15 is 0 Å². The van der Waals surface area contributed by atoms with Crippen LogP contribution in [0.25, 0.3) is 0 Å². The summed E-state index contributed by atoms with van der Waals surface area (Å²) >= 11 is 0. The zero-order valence-corrected chi connectivity index (χ0v) is 6.78. The van der Waals surface area contributed by atoms with Crippen molar-refractivity contribution in [2.45, 2.75) is 13.0 Å². The van der Waals surface area contributed by atoms with Gasteiger partial charge >= 0.3 is 0 Å². The first-order valence-corrected chi connectivity index (χ1v) is 3.81. The van der Waals surface area contributed by atoms with E-state index in [9.17, 15) is 0 Å². The molecule has 4 heteroatoms. The molecule has 1 aromatic heterocycles. The van der Waals surface area contributed by atoms with Crippen molar-refractivity contribution in [3.8, 4) is 11.6 Å². The summed E-state index contributed by atoms with van der Waals surface area (Å²) in [7, 11) is 0. The van der Waals surface area contributed by atoms with Crippen LogP contribution in [0.1, 0.15) is 6.92 Å². The monoisotopic (exact) mass is 166 g/mol. The summed E-state index contributed by atoms with van der Waals surface area (Å²) in [6.45, 7) is 2.46. The zero-order valence-electron chi connectivity index (χ0n) is 6.78. The summed E-state index contributed by atoms with van der Waals surface area (Å²) in [6.07, 6.45) is 1.65. The first-order chi connectivity index (χ1) is 5.77. The van der Waals surface area contributed by atoms with E-state index < -0.39 is 0 Å². The standard InChI is InChI=1S/C8H10N2O2/c1-5-4-11-8-7(12-5)6(9)2-3-10-8/h2-3,5H,4H2,1H3,(H2,9,10). The minimum atomic E-state index is 0.0454. The van der Waals surface area contributed by atoms with Gasteiger partial charge in [-0.2, -0.15) is 0 Å². The number of nitrogen functional groups attached to an aromatic ring is 1. The maximum Gasteiger partial charge on any atom is 0.259 e. The highest BCUT2D eigenvalue weighted by molar-refractivity contribution is 5.57. The quantitative estimate of drug-likeness (QED) is 0.620. The topological polar surface area (TPSA) is 57.4 Å². The van der Waals surface area contributed by atoms with Crippen molar-refractivity contribution in [2.24, 2.45) is 0 Å². The van der Waals surface area contributed by atoms with Gasteiger partial charge in [0.1, 0.15) is 12.7 Å². The lowest BCUT2D eigenvalue weighted by Gasteiger charge is -2.23. The van der Waals surface area contributed by atoms with Crippen LogP contribution in [0.2, 0.25) is 0 Å². The number of hydrogen-bond donors (Lipinski definition) is 1. The van der Waals surface area contributed by atoms with Gasteiger partial charge in [-0.15, -0.1) is 0 Å². The van der Waals surface area contributed by atoms with E-state index in [0.29, 0.717) is 23.9 Å². The lowest BCUT2D eigenvalue weighted by atomic mass is 10.3. The van der Waals surface area contributed by atoms with Crippen molar-refractivity contribution in [1.29, 1.82) is 0 Å². The van der Waals surface area contributed by atoms with Crippen molar-refractivity contribution in [2.75, 3.05) is 12.3 Å². The average molecular weight is 166 g/mol. The summed E-state index contributed by atoms with van der Waals surface area (Å²) in [5.74, 6) is 1.06. The molecule has 64 valence electrons. The minimum absolute atomic E-state index is 0.0454. The fourth-order valence-electron chi connectivity index (χ4n) is 1.10. The molecule has 0 radical (unpaired) electrons. The molecule has 0 spiro atoms.